The second-order valence-electron chi connectivity index (χ2n) is 6.67. The van der Waals surface area contributed by atoms with Crippen molar-refractivity contribution in [3.05, 3.63) is 29.8 Å². The largest absolute Gasteiger partial charge is 0.450 e. The monoisotopic (exact) mass is 388 g/mol. The van der Waals surface area contributed by atoms with Gasteiger partial charge in [-0.2, -0.15) is 0 Å². The molecular formula is C19H24N4O5. The second-order valence-corrected chi connectivity index (χ2v) is 6.67. The maximum atomic E-state index is 12.5. The van der Waals surface area contributed by atoms with Crippen molar-refractivity contribution in [1.29, 1.82) is 0 Å². The Morgan fingerprint density at radius 2 is 1.79 bits per heavy atom. The summed E-state index contributed by atoms with van der Waals surface area (Å²) in [6, 6.07) is 6.01. The maximum Gasteiger partial charge on any atom is 0.409 e. The van der Waals surface area contributed by atoms with E-state index in [0.29, 0.717) is 44.0 Å². The van der Waals surface area contributed by atoms with Crippen LogP contribution in [0.3, 0.4) is 0 Å². The zero-order valence-electron chi connectivity index (χ0n) is 15.8. The molecule has 28 heavy (non-hydrogen) atoms. The number of benzene rings is 1. The van der Waals surface area contributed by atoms with E-state index < -0.39 is 6.04 Å². The second kappa shape index (κ2) is 8.73. The molecule has 0 radical (unpaired) electrons. The van der Waals surface area contributed by atoms with Gasteiger partial charge in [0.05, 0.1) is 17.9 Å². The molecule has 2 aliphatic heterocycles. The molecule has 2 heterocycles. The van der Waals surface area contributed by atoms with Crippen molar-refractivity contribution in [2.45, 2.75) is 25.8 Å². The lowest BCUT2D eigenvalue weighted by Gasteiger charge is -2.34. The average molecular weight is 388 g/mol. The summed E-state index contributed by atoms with van der Waals surface area (Å²) in [4.78, 5) is 52.1. The lowest BCUT2D eigenvalue weighted by atomic mass is 10.1. The number of piperazine rings is 1. The first-order valence-electron chi connectivity index (χ1n) is 9.40. The normalized spacial score (nSPS) is 19.2. The van der Waals surface area contributed by atoms with Crippen LogP contribution in [0, 0.1) is 0 Å². The quantitative estimate of drug-likeness (QED) is 0.794. The van der Waals surface area contributed by atoms with Crippen molar-refractivity contribution in [3.8, 4) is 0 Å². The van der Waals surface area contributed by atoms with Gasteiger partial charge in [-0.1, -0.05) is 12.1 Å². The molecular weight excluding hydrogens is 364 g/mol. The summed E-state index contributed by atoms with van der Waals surface area (Å²) in [6.45, 7) is 3.75. The summed E-state index contributed by atoms with van der Waals surface area (Å²) in [5, 5.41) is 5.42. The van der Waals surface area contributed by atoms with Crippen molar-refractivity contribution in [1.82, 2.24) is 15.1 Å². The van der Waals surface area contributed by atoms with Crippen LogP contribution in [0.5, 0.6) is 0 Å². The SMILES string of the molecule is CCOC(=O)N1CCN(C(=O)CCC2NC(=O)c3ccccc3NC2=O)CC1. The number of amides is 4. The smallest absolute Gasteiger partial charge is 0.409 e. The Labute approximate surface area is 163 Å². The molecule has 1 saturated heterocycles. The molecule has 1 atom stereocenters. The van der Waals surface area contributed by atoms with Crippen molar-refractivity contribution in [3.63, 3.8) is 0 Å². The van der Waals surface area contributed by atoms with Crippen LogP contribution in [-0.2, 0) is 14.3 Å². The zero-order chi connectivity index (χ0) is 20.1. The Balaban J connectivity index is 1.51. The van der Waals surface area contributed by atoms with Crippen LogP contribution in [0.1, 0.15) is 30.1 Å². The first kappa shape index (κ1) is 19.7. The lowest BCUT2D eigenvalue weighted by molar-refractivity contribution is -0.133. The third kappa shape index (κ3) is 4.41. The molecule has 1 aromatic rings. The van der Waals surface area contributed by atoms with Crippen LogP contribution < -0.4 is 10.6 Å². The highest BCUT2D eigenvalue weighted by Gasteiger charge is 2.29. The van der Waals surface area contributed by atoms with Gasteiger partial charge in [0.15, 0.2) is 0 Å². The van der Waals surface area contributed by atoms with Gasteiger partial charge in [-0.3, -0.25) is 14.4 Å². The third-order valence-electron chi connectivity index (χ3n) is 4.86. The lowest BCUT2D eigenvalue weighted by Crippen LogP contribution is -2.51. The van der Waals surface area contributed by atoms with Gasteiger partial charge in [-0.05, 0) is 25.5 Å². The van der Waals surface area contributed by atoms with Gasteiger partial charge in [0.2, 0.25) is 11.8 Å². The molecule has 150 valence electrons. The Hall–Kier alpha value is -3.10. The van der Waals surface area contributed by atoms with Gasteiger partial charge in [-0.15, -0.1) is 0 Å². The maximum absolute atomic E-state index is 12.5. The summed E-state index contributed by atoms with van der Waals surface area (Å²) in [5.74, 6) is -0.778. The van der Waals surface area contributed by atoms with Crippen LogP contribution in [0.4, 0.5) is 10.5 Å². The first-order chi connectivity index (χ1) is 13.5. The third-order valence-corrected chi connectivity index (χ3v) is 4.86. The van der Waals surface area contributed by atoms with Crippen LogP contribution in [0.15, 0.2) is 24.3 Å². The van der Waals surface area contributed by atoms with Gasteiger partial charge in [0.1, 0.15) is 6.04 Å². The topological polar surface area (TPSA) is 108 Å². The highest BCUT2D eigenvalue weighted by Crippen LogP contribution is 2.19. The molecule has 2 aliphatic rings. The molecule has 9 heteroatoms. The van der Waals surface area contributed by atoms with E-state index in [1.807, 2.05) is 0 Å². The Morgan fingerprint density at radius 1 is 1.11 bits per heavy atom. The molecule has 0 aromatic heterocycles. The van der Waals surface area contributed by atoms with Crippen molar-refractivity contribution in [2.24, 2.45) is 0 Å². The first-order valence-corrected chi connectivity index (χ1v) is 9.40. The Bertz CT molecular complexity index is 773. The van der Waals surface area contributed by atoms with E-state index in [2.05, 4.69) is 10.6 Å². The Morgan fingerprint density at radius 3 is 2.50 bits per heavy atom. The minimum atomic E-state index is -0.773. The molecule has 4 amide bonds. The van der Waals surface area contributed by atoms with Crippen LogP contribution in [0.2, 0.25) is 0 Å². The number of fused-ring (bicyclic) bond motifs is 1. The van der Waals surface area contributed by atoms with E-state index in [9.17, 15) is 19.2 Å². The molecule has 0 aliphatic carbocycles. The standard InChI is InChI=1S/C19H24N4O5/c1-2-28-19(27)23-11-9-22(10-12-23)16(24)8-7-15-18(26)20-14-6-4-3-5-13(14)17(25)21-15/h3-6,15H,2,7-12H2,1H3,(H,20,26)(H,21,25). The highest BCUT2D eigenvalue weighted by molar-refractivity contribution is 6.09. The van der Waals surface area contributed by atoms with Crippen LogP contribution in [0.25, 0.3) is 0 Å². The fraction of sp³-hybridized carbons (Fsp3) is 0.474. The number of ether oxygens (including phenoxy) is 1. The number of carbonyl (C=O) groups excluding carboxylic acids is 4. The molecule has 3 rings (SSSR count). The number of anilines is 1. The van der Waals surface area contributed by atoms with Crippen molar-refractivity contribution < 1.29 is 23.9 Å². The minimum Gasteiger partial charge on any atom is -0.450 e. The predicted octanol–water partition coefficient (Wildman–Crippen LogP) is 0.818. The summed E-state index contributed by atoms with van der Waals surface area (Å²) in [5.41, 5.74) is 0.869. The van der Waals surface area contributed by atoms with Gasteiger partial charge in [-0.25, -0.2) is 4.79 Å². The van der Waals surface area contributed by atoms with Gasteiger partial charge in [0.25, 0.3) is 5.91 Å². The molecule has 0 bridgehead atoms. The summed E-state index contributed by atoms with van der Waals surface area (Å²) in [7, 11) is 0. The number of nitrogens with zero attached hydrogens (tertiary/aromatic N) is 2. The van der Waals surface area contributed by atoms with Crippen molar-refractivity contribution in [2.75, 3.05) is 38.1 Å². The van der Waals surface area contributed by atoms with Gasteiger partial charge >= 0.3 is 6.09 Å². The van der Waals surface area contributed by atoms with Crippen LogP contribution in [-0.4, -0.2) is 72.4 Å². The number of hydrogen-bond donors (Lipinski definition) is 2. The minimum absolute atomic E-state index is 0.104. The number of nitrogens with one attached hydrogen (secondary N) is 2. The fourth-order valence-corrected chi connectivity index (χ4v) is 3.29. The molecule has 1 fully saturated rings. The van der Waals surface area contributed by atoms with E-state index in [-0.39, 0.29) is 36.7 Å². The summed E-state index contributed by atoms with van der Waals surface area (Å²) >= 11 is 0. The van der Waals surface area contributed by atoms with Crippen LogP contribution >= 0.6 is 0 Å². The summed E-state index contributed by atoms with van der Waals surface area (Å²) < 4.78 is 4.96. The molecule has 1 aromatic carbocycles. The van der Waals surface area contributed by atoms with E-state index >= 15 is 0 Å². The molecule has 2 N–H and O–H groups in total. The molecule has 9 nitrogen and oxygen atoms in total. The van der Waals surface area contributed by atoms with E-state index in [1.54, 1.807) is 41.0 Å². The number of rotatable bonds is 4. The fourth-order valence-electron chi connectivity index (χ4n) is 3.29. The zero-order valence-corrected chi connectivity index (χ0v) is 15.8. The van der Waals surface area contributed by atoms with Gasteiger partial charge in [0, 0.05) is 32.6 Å². The average Bonchev–Trinajstić information content (AvgIpc) is 2.82. The van der Waals surface area contributed by atoms with E-state index in [1.165, 1.54) is 0 Å². The molecule has 0 saturated carbocycles. The highest BCUT2D eigenvalue weighted by atomic mass is 16.6. The number of hydrogen-bond acceptors (Lipinski definition) is 5. The predicted molar refractivity (Wildman–Crippen MR) is 101 cm³/mol. The number of carbonyl (C=O) groups is 4. The van der Waals surface area contributed by atoms with E-state index in [4.69, 9.17) is 4.74 Å². The van der Waals surface area contributed by atoms with Crippen molar-refractivity contribution >= 4 is 29.5 Å². The number of para-hydroxylation sites is 1. The van der Waals surface area contributed by atoms with Gasteiger partial charge < -0.3 is 25.2 Å². The molecule has 0 spiro atoms. The molecule has 1 unspecified atom stereocenters. The van der Waals surface area contributed by atoms with E-state index in [0.717, 1.165) is 0 Å². The summed E-state index contributed by atoms with van der Waals surface area (Å²) in [6.07, 6.45) is -0.0247. The Kier molecular flexibility index (Phi) is 6.13.